The van der Waals surface area contributed by atoms with E-state index in [1.165, 1.54) is 0 Å². The number of aryl methyl sites for hydroxylation is 1. The van der Waals surface area contributed by atoms with Crippen LogP contribution in [0.1, 0.15) is 51.3 Å². The fraction of sp³-hybridized carbons (Fsp3) is 0.550. The normalized spacial score (nSPS) is 21.9. The highest BCUT2D eigenvalue weighted by Gasteiger charge is 2.52. The van der Waals surface area contributed by atoms with E-state index >= 15 is 0 Å². The van der Waals surface area contributed by atoms with Crippen molar-refractivity contribution in [2.75, 3.05) is 0 Å². The molecule has 1 saturated heterocycles. The monoisotopic (exact) mass is 355 g/mol. The molecule has 1 aromatic carbocycles. The van der Waals surface area contributed by atoms with Crippen molar-refractivity contribution in [2.24, 2.45) is 5.92 Å². The lowest BCUT2D eigenvalue weighted by Gasteiger charge is -2.36. The Morgan fingerprint density at radius 3 is 2.85 bits per heavy atom. The van der Waals surface area contributed by atoms with Gasteiger partial charge >= 0.3 is 5.97 Å². The van der Waals surface area contributed by atoms with Gasteiger partial charge in [0.15, 0.2) is 0 Å². The van der Waals surface area contributed by atoms with Crippen LogP contribution in [0.25, 0.3) is 11.0 Å². The molecule has 1 N–H and O–H groups in total. The quantitative estimate of drug-likeness (QED) is 0.856. The average Bonchev–Trinajstić information content (AvgIpc) is 3.17. The minimum atomic E-state index is -0.579. The molecule has 6 heteroatoms. The van der Waals surface area contributed by atoms with Gasteiger partial charge < -0.3 is 14.6 Å². The number of nitrogens with zero attached hydrogens (tertiary/aromatic N) is 2. The van der Waals surface area contributed by atoms with Crippen molar-refractivity contribution in [1.29, 1.82) is 0 Å². The molecule has 2 aromatic rings. The number of rotatable bonds is 4. The Balaban J connectivity index is 1.51. The summed E-state index contributed by atoms with van der Waals surface area (Å²) < 4.78 is 7.76. The molecular formula is C20H25N3O3. The lowest BCUT2D eigenvalue weighted by molar-refractivity contribution is -0.153. The number of nitrogens with one attached hydrogen (secondary N) is 1. The number of ether oxygens (including phenoxy) is 1. The minimum Gasteiger partial charge on any atom is -0.458 e. The third-order valence-electron chi connectivity index (χ3n) is 5.81. The number of para-hydroxylation sites is 2. The van der Waals surface area contributed by atoms with Crippen molar-refractivity contribution in [1.82, 2.24) is 14.9 Å². The van der Waals surface area contributed by atoms with Crippen molar-refractivity contribution < 1.29 is 14.3 Å². The van der Waals surface area contributed by atoms with E-state index in [1.807, 2.05) is 24.3 Å². The summed E-state index contributed by atoms with van der Waals surface area (Å²) in [6, 6.07) is 7.98. The number of imidazole rings is 1. The van der Waals surface area contributed by atoms with E-state index in [4.69, 9.17) is 4.74 Å². The Hall–Kier alpha value is -2.37. The van der Waals surface area contributed by atoms with Crippen LogP contribution in [0.5, 0.6) is 0 Å². The van der Waals surface area contributed by atoms with Crippen molar-refractivity contribution in [3.8, 4) is 0 Å². The molecular weight excluding hydrogens is 330 g/mol. The molecule has 4 rings (SSSR count). The van der Waals surface area contributed by atoms with Gasteiger partial charge in [0.2, 0.25) is 5.91 Å². The molecule has 1 aromatic heterocycles. The van der Waals surface area contributed by atoms with Crippen LogP contribution in [0.4, 0.5) is 0 Å². The summed E-state index contributed by atoms with van der Waals surface area (Å²) in [6.45, 7) is 3.22. The third-order valence-corrected chi connectivity index (χ3v) is 5.81. The summed E-state index contributed by atoms with van der Waals surface area (Å²) >= 11 is 0. The fourth-order valence-electron chi connectivity index (χ4n) is 4.53. The van der Waals surface area contributed by atoms with Gasteiger partial charge in [-0.3, -0.25) is 9.59 Å². The average molecular weight is 355 g/mol. The zero-order valence-corrected chi connectivity index (χ0v) is 15.2. The number of amides is 1. The maximum Gasteiger partial charge on any atom is 0.307 e. The van der Waals surface area contributed by atoms with E-state index < -0.39 is 5.60 Å². The predicted octanol–water partition coefficient (Wildman–Crippen LogP) is 2.94. The van der Waals surface area contributed by atoms with Crippen LogP contribution in [0, 0.1) is 5.92 Å². The molecule has 1 spiro atoms. The van der Waals surface area contributed by atoms with E-state index in [1.54, 1.807) is 0 Å². The van der Waals surface area contributed by atoms with E-state index in [0.29, 0.717) is 6.54 Å². The Bertz CT molecular complexity index is 836. The maximum atomic E-state index is 12.9. The SMILES string of the molecule is CCn1c(CNC(=O)[C@H]2CC(=O)OC23CCCCC3)nc2ccccc21. The van der Waals surface area contributed by atoms with Crippen LogP contribution < -0.4 is 5.32 Å². The number of carbonyl (C=O) groups excluding carboxylic acids is 2. The van der Waals surface area contributed by atoms with Crippen LogP contribution in [0.15, 0.2) is 24.3 Å². The Morgan fingerprint density at radius 1 is 1.31 bits per heavy atom. The van der Waals surface area contributed by atoms with Crippen molar-refractivity contribution >= 4 is 22.9 Å². The summed E-state index contributed by atoms with van der Waals surface area (Å²) in [5, 5.41) is 3.01. The predicted molar refractivity (Wildman–Crippen MR) is 97.3 cm³/mol. The smallest absolute Gasteiger partial charge is 0.307 e. The molecule has 0 unspecified atom stereocenters. The molecule has 0 bridgehead atoms. The molecule has 0 radical (unpaired) electrons. The van der Waals surface area contributed by atoms with Gasteiger partial charge in [-0.1, -0.05) is 18.6 Å². The summed E-state index contributed by atoms with van der Waals surface area (Å²) in [5.41, 5.74) is 1.42. The number of hydrogen-bond acceptors (Lipinski definition) is 4. The minimum absolute atomic E-state index is 0.0903. The van der Waals surface area contributed by atoms with Crippen molar-refractivity contribution in [2.45, 2.75) is 64.1 Å². The Morgan fingerprint density at radius 2 is 2.08 bits per heavy atom. The molecule has 6 nitrogen and oxygen atoms in total. The topological polar surface area (TPSA) is 73.2 Å². The number of benzene rings is 1. The summed E-state index contributed by atoms with van der Waals surface area (Å²) in [7, 11) is 0. The molecule has 2 fully saturated rings. The second-order valence-electron chi connectivity index (χ2n) is 7.34. The van der Waals surface area contributed by atoms with Gasteiger partial charge in [-0.25, -0.2) is 4.98 Å². The number of carbonyl (C=O) groups is 2. The molecule has 1 amide bonds. The van der Waals surface area contributed by atoms with E-state index in [9.17, 15) is 9.59 Å². The van der Waals surface area contributed by atoms with Crippen LogP contribution in [0.3, 0.4) is 0 Å². The summed E-state index contributed by atoms with van der Waals surface area (Å²) in [4.78, 5) is 29.4. The van der Waals surface area contributed by atoms with Crippen molar-refractivity contribution in [3.05, 3.63) is 30.1 Å². The van der Waals surface area contributed by atoms with Crippen LogP contribution in [-0.4, -0.2) is 27.0 Å². The van der Waals surface area contributed by atoms with Gasteiger partial charge in [-0.05, 0) is 44.7 Å². The molecule has 1 aliphatic heterocycles. The first-order valence-electron chi connectivity index (χ1n) is 9.56. The zero-order chi connectivity index (χ0) is 18.1. The Labute approximate surface area is 152 Å². The van der Waals surface area contributed by atoms with Crippen LogP contribution in [0.2, 0.25) is 0 Å². The van der Waals surface area contributed by atoms with Gasteiger partial charge in [-0.15, -0.1) is 0 Å². The van der Waals surface area contributed by atoms with Crippen molar-refractivity contribution in [3.63, 3.8) is 0 Å². The van der Waals surface area contributed by atoms with Gasteiger partial charge in [0, 0.05) is 6.54 Å². The molecule has 138 valence electrons. The summed E-state index contributed by atoms with van der Waals surface area (Å²) in [6.07, 6.45) is 4.96. The molecule has 1 saturated carbocycles. The fourth-order valence-corrected chi connectivity index (χ4v) is 4.53. The van der Waals surface area contributed by atoms with Gasteiger partial charge in [0.05, 0.1) is 29.9 Å². The number of fused-ring (bicyclic) bond motifs is 1. The van der Waals surface area contributed by atoms with Crippen LogP contribution >= 0.6 is 0 Å². The van der Waals surface area contributed by atoms with Crippen LogP contribution in [-0.2, 0) is 27.4 Å². The highest BCUT2D eigenvalue weighted by molar-refractivity contribution is 5.88. The Kier molecular flexibility index (Phi) is 4.42. The highest BCUT2D eigenvalue weighted by Crippen LogP contribution is 2.44. The van der Waals surface area contributed by atoms with E-state index in [0.717, 1.165) is 55.5 Å². The zero-order valence-electron chi connectivity index (χ0n) is 15.2. The molecule has 2 aliphatic rings. The van der Waals surface area contributed by atoms with E-state index in [-0.39, 0.29) is 24.2 Å². The third kappa shape index (κ3) is 2.87. The van der Waals surface area contributed by atoms with Gasteiger partial charge in [-0.2, -0.15) is 0 Å². The molecule has 1 aliphatic carbocycles. The first-order valence-corrected chi connectivity index (χ1v) is 9.56. The second kappa shape index (κ2) is 6.74. The standard InChI is InChI=1S/C20H25N3O3/c1-2-23-16-9-5-4-8-15(16)22-17(23)13-21-19(25)14-12-18(24)26-20(14)10-6-3-7-11-20/h4-5,8-9,14H,2-3,6-7,10-13H2,1H3,(H,21,25)/t14-/m1/s1. The summed E-state index contributed by atoms with van der Waals surface area (Å²) in [5.74, 6) is 0.125. The largest absolute Gasteiger partial charge is 0.458 e. The van der Waals surface area contributed by atoms with Gasteiger partial charge in [0.25, 0.3) is 0 Å². The first kappa shape index (κ1) is 17.1. The molecule has 26 heavy (non-hydrogen) atoms. The number of hydrogen-bond donors (Lipinski definition) is 1. The molecule has 1 atom stereocenters. The van der Waals surface area contributed by atoms with Gasteiger partial charge in [0.1, 0.15) is 11.4 Å². The number of esters is 1. The first-order chi connectivity index (χ1) is 12.6. The molecule has 2 heterocycles. The maximum absolute atomic E-state index is 12.9. The highest BCUT2D eigenvalue weighted by atomic mass is 16.6. The number of aromatic nitrogens is 2. The second-order valence-corrected chi connectivity index (χ2v) is 7.34. The van der Waals surface area contributed by atoms with E-state index in [2.05, 4.69) is 21.8 Å². The lowest BCUT2D eigenvalue weighted by atomic mass is 9.75. The lowest BCUT2D eigenvalue weighted by Crippen LogP contribution is -2.45.